The largest absolute Gasteiger partial charge is 0.454 e. The Kier molecular flexibility index (Phi) is 4.66. The zero-order valence-electron chi connectivity index (χ0n) is 15.4. The van der Waals surface area contributed by atoms with Crippen LogP contribution in [0.5, 0.6) is 11.5 Å². The summed E-state index contributed by atoms with van der Waals surface area (Å²) in [7, 11) is 3.77. The number of nitrogens with one attached hydrogen (secondary N) is 1. The first kappa shape index (κ1) is 17.3. The van der Waals surface area contributed by atoms with Crippen molar-refractivity contribution >= 4 is 17.8 Å². The van der Waals surface area contributed by atoms with Crippen LogP contribution < -0.4 is 24.6 Å². The average Bonchev–Trinajstić information content (AvgIpc) is 3.36. The van der Waals surface area contributed by atoms with Crippen molar-refractivity contribution in [1.29, 1.82) is 0 Å². The molecule has 4 rings (SSSR count). The number of anilines is 2. The molecule has 1 aromatic carbocycles. The first-order chi connectivity index (χ1) is 13.1. The summed E-state index contributed by atoms with van der Waals surface area (Å²) in [4.78, 5) is 30.0. The Morgan fingerprint density at radius 2 is 1.93 bits per heavy atom. The van der Waals surface area contributed by atoms with Gasteiger partial charge in [-0.1, -0.05) is 0 Å². The standard InChI is InChI=1S/C18H22N6O3/c1-23(2)17-20-15(21-18(22-17)24-7-3-4-8-24)10-19-16(25)12-5-6-13-14(9-12)27-11-26-13/h5-6,9H,3-4,7-8,10-11H2,1-2H3,(H,19,25). The lowest BCUT2D eigenvalue weighted by atomic mass is 10.2. The third-order valence-electron chi connectivity index (χ3n) is 4.49. The molecule has 2 aliphatic heterocycles. The van der Waals surface area contributed by atoms with Crippen LogP contribution in [-0.4, -0.2) is 54.8 Å². The van der Waals surface area contributed by atoms with Crippen molar-refractivity contribution in [3.8, 4) is 11.5 Å². The van der Waals surface area contributed by atoms with Gasteiger partial charge in [0.15, 0.2) is 17.3 Å². The Morgan fingerprint density at radius 1 is 1.15 bits per heavy atom. The van der Waals surface area contributed by atoms with E-state index < -0.39 is 0 Å². The minimum atomic E-state index is -0.220. The van der Waals surface area contributed by atoms with Gasteiger partial charge in [0.1, 0.15) is 0 Å². The molecule has 27 heavy (non-hydrogen) atoms. The number of carbonyl (C=O) groups is 1. The molecule has 1 aromatic heterocycles. The predicted molar refractivity (Wildman–Crippen MR) is 99.3 cm³/mol. The van der Waals surface area contributed by atoms with Crippen molar-refractivity contribution in [1.82, 2.24) is 20.3 Å². The normalized spacial score (nSPS) is 15.1. The van der Waals surface area contributed by atoms with Crippen molar-refractivity contribution in [3.05, 3.63) is 29.6 Å². The van der Waals surface area contributed by atoms with Crippen LogP contribution in [0.1, 0.15) is 29.0 Å². The van der Waals surface area contributed by atoms with Gasteiger partial charge in [-0.15, -0.1) is 0 Å². The van der Waals surface area contributed by atoms with E-state index in [2.05, 4.69) is 25.2 Å². The SMILES string of the molecule is CN(C)c1nc(CNC(=O)c2ccc3c(c2)OCO3)nc(N2CCCC2)n1. The van der Waals surface area contributed by atoms with Crippen LogP contribution in [0.2, 0.25) is 0 Å². The number of hydrogen-bond acceptors (Lipinski definition) is 8. The topological polar surface area (TPSA) is 92.7 Å². The average molecular weight is 370 g/mol. The van der Waals surface area contributed by atoms with Gasteiger partial charge in [0.25, 0.3) is 5.91 Å². The highest BCUT2D eigenvalue weighted by molar-refractivity contribution is 5.94. The Hall–Kier alpha value is -3.10. The molecule has 2 aromatic rings. The maximum Gasteiger partial charge on any atom is 0.251 e. The smallest absolute Gasteiger partial charge is 0.251 e. The fourth-order valence-corrected chi connectivity index (χ4v) is 3.03. The Morgan fingerprint density at radius 3 is 2.70 bits per heavy atom. The molecule has 0 unspecified atom stereocenters. The van der Waals surface area contributed by atoms with Crippen molar-refractivity contribution in [3.63, 3.8) is 0 Å². The third kappa shape index (κ3) is 3.71. The van der Waals surface area contributed by atoms with Crippen LogP contribution in [0, 0.1) is 0 Å². The van der Waals surface area contributed by atoms with E-state index >= 15 is 0 Å². The highest BCUT2D eigenvalue weighted by Crippen LogP contribution is 2.32. The van der Waals surface area contributed by atoms with Gasteiger partial charge in [-0.3, -0.25) is 4.79 Å². The van der Waals surface area contributed by atoms with E-state index in [4.69, 9.17) is 9.47 Å². The predicted octanol–water partition coefficient (Wildman–Crippen LogP) is 1.20. The number of benzene rings is 1. The zero-order chi connectivity index (χ0) is 18.8. The van der Waals surface area contributed by atoms with Crippen LogP contribution in [0.4, 0.5) is 11.9 Å². The number of fused-ring (bicyclic) bond motifs is 1. The first-order valence-corrected chi connectivity index (χ1v) is 8.95. The quantitative estimate of drug-likeness (QED) is 0.839. The van der Waals surface area contributed by atoms with Crippen LogP contribution in [0.25, 0.3) is 0 Å². The van der Waals surface area contributed by atoms with E-state index in [1.807, 2.05) is 19.0 Å². The lowest BCUT2D eigenvalue weighted by Gasteiger charge is -2.19. The van der Waals surface area contributed by atoms with Gasteiger partial charge in [0, 0.05) is 32.7 Å². The molecule has 9 nitrogen and oxygen atoms in total. The van der Waals surface area contributed by atoms with Gasteiger partial charge >= 0.3 is 0 Å². The number of amides is 1. The van der Waals surface area contributed by atoms with E-state index in [1.54, 1.807) is 18.2 Å². The van der Waals surface area contributed by atoms with Gasteiger partial charge in [0.2, 0.25) is 18.7 Å². The Balaban J connectivity index is 1.49. The van der Waals surface area contributed by atoms with E-state index in [0.717, 1.165) is 25.9 Å². The van der Waals surface area contributed by atoms with E-state index in [-0.39, 0.29) is 19.2 Å². The molecule has 9 heteroatoms. The molecule has 0 spiro atoms. The van der Waals surface area contributed by atoms with Crippen molar-refractivity contribution < 1.29 is 14.3 Å². The molecule has 0 radical (unpaired) electrons. The molecule has 1 amide bonds. The molecule has 142 valence electrons. The minimum absolute atomic E-state index is 0.178. The monoisotopic (exact) mass is 370 g/mol. The van der Waals surface area contributed by atoms with Crippen molar-refractivity contribution in [2.24, 2.45) is 0 Å². The lowest BCUT2D eigenvalue weighted by molar-refractivity contribution is 0.0949. The number of aromatic nitrogens is 3. The van der Waals surface area contributed by atoms with E-state index in [9.17, 15) is 4.79 Å². The highest BCUT2D eigenvalue weighted by Gasteiger charge is 2.19. The Bertz CT molecular complexity index is 851. The summed E-state index contributed by atoms with van der Waals surface area (Å²) in [6.07, 6.45) is 2.28. The molecule has 0 atom stereocenters. The summed E-state index contributed by atoms with van der Waals surface area (Å²) >= 11 is 0. The molecule has 0 aliphatic carbocycles. The number of nitrogens with zero attached hydrogens (tertiary/aromatic N) is 5. The minimum Gasteiger partial charge on any atom is -0.454 e. The molecule has 0 bridgehead atoms. The fraction of sp³-hybridized carbons (Fsp3) is 0.444. The molecule has 1 N–H and O–H groups in total. The molecule has 1 saturated heterocycles. The maximum atomic E-state index is 12.5. The molecule has 3 heterocycles. The van der Waals surface area contributed by atoms with Crippen LogP contribution >= 0.6 is 0 Å². The van der Waals surface area contributed by atoms with Gasteiger partial charge in [0.05, 0.1) is 6.54 Å². The fourth-order valence-electron chi connectivity index (χ4n) is 3.03. The maximum absolute atomic E-state index is 12.5. The zero-order valence-corrected chi connectivity index (χ0v) is 15.4. The number of ether oxygens (including phenoxy) is 2. The van der Waals surface area contributed by atoms with Crippen LogP contribution in [0.3, 0.4) is 0 Å². The van der Waals surface area contributed by atoms with E-state index in [0.29, 0.717) is 34.8 Å². The van der Waals surface area contributed by atoms with Crippen molar-refractivity contribution in [2.75, 3.05) is 43.8 Å². The van der Waals surface area contributed by atoms with Gasteiger partial charge in [-0.25, -0.2) is 0 Å². The van der Waals surface area contributed by atoms with E-state index in [1.165, 1.54) is 0 Å². The second-order valence-corrected chi connectivity index (χ2v) is 6.69. The van der Waals surface area contributed by atoms with Gasteiger partial charge in [-0.05, 0) is 31.0 Å². The molecule has 2 aliphatic rings. The van der Waals surface area contributed by atoms with Gasteiger partial charge < -0.3 is 24.6 Å². The molecular weight excluding hydrogens is 348 g/mol. The third-order valence-corrected chi connectivity index (χ3v) is 4.49. The summed E-state index contributed by atoms with van der Waals surface area (Å²) in [5.41, 5.74) is 0.501. The molecular formula is C18H22N6O3. The highest BCUT2D eigenvalue weighted by atomic mass is 16.7. The summed E-state index contributed by atoms with van der Waals surface area (Å²) < 4.78 is 10.6. The molecule has 0 saturated carbocycles. The Labute approximate surface area is 157 Å². The van der Waals surface area contributed by atoms with Crippen LogP contribution in [-0.2, 0) is 6.54 Å². The lowest BCUT2D eigenvalue weighted by Crippen LogP contribution is -2.27. The number of rotatable bonds is 5. The van der Waals surface area contributed by atoms with Crippen LogP contribution in [0.15, 0.2) is 18.2 Å². The number of carbonyl (C=O) groups excluding carboxylic acids is 1. The second kappa shape index (κ2) is 7.26. The van der Waals surface area contributed by atoms with Gasteiger partial charge in [-0.2, -0.15) is 15.0 Å². The molecule has 1 fully saturated rings. The summed E-state index contributed by atoms with van der Waals surface area (Å²) in [6.45, 7) is 2.29. The first-order valence-electron chi connectivity index (χ1n) is 8.95. The summed E-state index contributed by atoms with van der Waals surface area (Å²) in [5.74, 6) is 2.79. The summed E-state index contributed by atoms with van der Waals surface area (Å²) in [5, 5.41) is 2.87. The summed E-state index contributed by atoms with van der Waals surface area (Å²) in [6, 6.07) is 5.11. The van der Waals surface area contributed by atoms with Crippen molar-refractivity contribution in [2.45, 2.75) is 19.4 Å². The second-order valence-electron chi connectivity index (χ2n) is 6.69. The number of hydrogen-bond donors (Lipinski definition) is 1.